The minimum atomic E-state index is -0.460. The minimum absolute atomic E-state index is 0.0725. The van der Waals surface area contributed by atoms with Crippen LogP contribution in [0.2, 0.25) is 0 Å². The van der Waals surface area contributed by atoms with Gasteiger partial charge in [0, 0.05) is 6.54 Å². The Kier molecular flexibility index (Phi) is 12.0. The van der Waals surface area contributed by atoms with E-state index in [9.17, 15) is 5.11 Å². The fourth-order valence-electron chi connectivity index (χ4n) is 6.31. The summed E-state index contributed by atoms with van der Waals surface area (Å²) in [6.45, 7) is 1.73. The van der Waals surface area contributed by atoms with E-state index in [0.717, 1.165) is 27.8 Å². The fourth-order valence-corrected chi connectivity index (χ4v) is 6.31. The maximum atomic E-state index is 10.7. The summed E-state index contributed by atoms with van der Waals surface area (Å²) in [5.74, 6) is 0. The van der Waals surface area contributed by atoms with E-state index < -0.39 is 12.2 Å². The van der Waals surface area contributed by atoms with E-state index in [-0.39, 0.29) is 30.8 Å². The molecule has 0 spiro atoms. The van der Waals surface area contributed by atoms with E-state index in [0.29, 0.717) is 26.4 Å². The predicted molar refractivity (Wildman–Crippen MR) is 185 cm³/mol. The molecule has 6 rings (SSSR count). The van der Waals surface area contributed by atoms with E-state index in [4.69, 9.17) is 14.2 Å². The van der Waals surface area contributed by atoms with Crippen LogP contribution >= 0.6 is 0 Å². The summed E-state index contributed by atoms with van der Waals surface area (Å²) in [5, 5.41) is 18.4. The number of rotatable bonds is 14. The summed E-state index contributed by atoms with van der Waals surface area (Å²) in [6, 6.07) is 50.4. The number of aliphatic hydroxyl groups is 1. The van der Waals surface area contributed by atoms with Gasteiger partial charge in [-0.2, -0.15) is 0 Å². The number of hydrogen-bond acceptors (Lipinski definition) is 6. The van der Waals surface area contributed by atoms with Crippen LogP contribution in [0.1, 0.15) is 39.9 Å². The molecular weight excluding hydrogens is 584 g/mol. The normalized spacial score (nSPS) is 21.9. The zero-order valence-electron chi connectivity index (χ0n) is 26.6. The van der Waals surface area contributed by atoms with Gasteiger partial charge in [0.2, 0.25) is 0 Å². The van der Waals surface area contributed by atoms with Crippen molar-refractivity contribution < 1.29 is 19.3 Å². The summed E-state index contributed by atoms with van der Waals surface area (Å²) >= 11 is 0. The van der Waals surface area contributed by atoms with Crippen LogP contribution in [0, 0.1) is 0 Å². The van der Waals surface area contributed by atoms with Crippen LogP contribution in [0.5, 0.6) is 0 Å². The summed E-state index contributed by atoms with van der Waals surface area (Å²) < 4.78 is 20.6. The van der Waals surface area contributed by atoms with Crippen LogP contribution in [-0.4, -0.2) is 42.6 Å². The summed E-state index contributed by atoms with van der Waals surface area (Å²) in [7, 11) is 0. The molecule has 6 atom stereocenters. The van der Waals surface area contributed by atoms with Gasteiger partial charge in [-0.05, 0) is 27.8 Å². The first-order valence-electron chi connectivity index (χ1n) is 16.5. The Labute approximate surface area is 278 Å². The van der Waals surface area contributed by atoms with Crippen molar-refractivity contribution in [2.45, 2.75) is 56.3 Å². The molecular formula is C41H44N2O4. The molecule has 1 aliphatic rings. The highest BCUT2D eigenvalue weighted by Crippen LogP contribution is 2.32. The van der Waals surface area contributed by atoms with Crippen molar-refractivity contribution in [3.8, 4) is 0 Å². The molecule has 6 heteroatoms. The van der Waals surface area contributed by atoms with Crippen molar-refractivity contribution in [2.75, 3.05) is 13.2 Å². The summed E-state index contributed by atoms with van der Waals surface area (Å²) in [5.41, 5.74) is 5.37. The molecule has 1 saturated heterocycles. The quantitative estimate of drug-likeness (QED) is 0.126. The van der Waals surface area contributed by atoms with E-state index >= 15 is 0 Å². The van der Waals surface area contributed by atoms with Crippen molar-refractivity contribution in [1.82, 2.24) is 10.6 Å². The van der Waals surface area contributed by atoms with Gasteiger partial charge in [-0.3, -0.25) is 0 Å². The molecule has 5 aromatic carbocycles. The minimum Gasteiger partial charge on any atom is -0.394 e. The molecule has 242 valence electrons. The Hall–Kier alpha value is -4.14. The first-order chi connectivity index (χ1) is 23.3. The molecule has 0 aromatic heterocycles. The number of nitrogens with one attached hydrogen (secondary N) is 2. The van der Waals surface area contributed by atoms with Crippen molar-refractivity contribution >= 4 is 0 Å². The first kappa shape index (κ1) is 32.8. The molecule has 0 amide bonds. The lowest BCUT2D eigenvalue weighted by Crippen LogP contribution is -2.55. The third-order valence-corrected chi connectivity index (χ3v) is 8.76. The Morgan fingerprint density at radius 3 is 1.53 bits per heavy atom. The lowest BCUT2D eigenvalue weighted by Gasteiger charge is -2.39. The van der Waals surface area contributed by atoms with E-state index in [2.05, 4.69) is 71.3 Å². The van der Waals surface area contributed by atoms with Crippen LogP contribution in [0.4, 0.5) is 0 Å². The Bertz CT molecular complexity index is 1580. The highest BCUT2D eigenvalue weighted by atomic mass is 16.6. The molecule has 0 radical (unpaired) electrons. The molecule has 1 aliphatic heterocycles. The predicted octanol–water partition coefficient (Wildman–Crippen LogP) is 6.78. The second-order valence-electron chi connectivity index (χ2n) is 12.0. The topological polar surface area (TPSA) is 72.0 Å². The van der Waals surface area contributed by atoms with E-state index in [1.807, 2.05) is 91.0 Å². The van der Waals surface area contributed by atoms with Crippen molar-refractivity contribution in [2.24, 2.45) is 0 Å². The lowest BCUT2D eigenvalue weighted by atomic mass is 9.91. The van der Waals surface area contributed by atoms with Gasteiger partial charge in [0.05, 0.1) is 50.7 Å². The molecule has 3 N–H and O–H groups in total. The average molecular weight is 629 g/mol. The highest BCUT2D eigenvalue weighted by Gasteiger charge is 2.45. The molecule has 5 aromatic rings. The Balaban J connectivity index is 1.40. The first-order valence-corrected chi connectivity index (χ1v) is 16.5. The average Bonchev–Trinajstić information content (AvgIpc) is 3.29. The largest absolute Gasteiger partial charge is 0.394 e. The number of aliphatic hydroxyl groups excluding tert-OH is 1. The second-order valence-corrected chi connectivity index (χ2v) is 12.0. The smallest absolute Gasteiger partial charge is 0.113 e. The van der Waals surface area contributed by atoms with Crippen LogP contribution in [0.25, 0.3) is 0 Å². The molecule has 0 bridgehead atoms. The SMILES string of the molecule is OC[C@H](N[C@H]1[C@H](OCc2ccccc2)[C@H](OCc2ccccc2)[C@H](OCc2ccccc2)CN[C@@H]1c1ccccc1)c1ccccc1. The molecule has 0 unspecified atom stereocenters. The second kappa shape index (κ2) is 17.1. The summed E-state index contributed by atoms with van der Waals surface area (Å²) in [6.07, 6.45) is -1.24. The van der Waals surface area contributed by atoms with Gasteiger partial charge in [-0.25, -0.2) is 0 Å². The van der Waals surface area contributed by atoms with Crippen molar-refractivity contribution in [1.29, 1.82) is 0 Å². The number of benzene rings is 5. The fraction of sp³-hybridized carbons (Fsp3) is 0.268. The molecule has 47 heavy (non-hydrogen) atoms. The van der Waals surface area contributed by atoms with Gasteiger partial charge in [0.1, 0.15) is 12.2 Å². The third-order valence-electron chi connectivity index (χ3n) is 8.76. The molecule has 1 fully saturated rings. The highest BCUT2D eigenvalue weighted by molar-refractivity contribution is 5.25. The van der Waals surface area contributed by atoms with Gasteiger partial charge < -0.3 is 30.0 Å². The van der Waals surface area contributed by atoms with Gasteiger partial charge in [0.25, 0.3) is 0 Å². The van der Waals surface area contributed by atoms with E-state index in [1.165, 1.54) is 0 Å². The van der Waals surface area contributed by atoms with Gasteiger partial charge >= 0.3 is 0 Å². The maximum Gasteiger partial charge on any atom is 0.113 e. The van der Waals surface area contributed by atoms with Gasteiger partial charge in [0.15, 0.2) is 0 Å². The lowest BCUT2D eigenvalue weighted by molar-refractivity contribution is -0.153. The van der Waals surface area contributed by atoms with Crippen molar-refractivity contribution in [3.63, 3.8) is 0 Å². The molecule has 1 heterocycles. The maximum absolute atomic E-state index is 10.7. The Morgan fingerprint density at radius 2 is 1.02 bits per heavy atom. The zero-order valence-corrected chi connectivity index (χ0v) is 26.6. The summed E-state index contributed by atoms with van der Waals surface area (Å²) in [4.78, 5) is 0. The molecule has 0 saturated carbocycles. The molecule has 0 aliphatic carbocycles. The van der Waals surface area contributed by atoms with Crippen LogP contribution in [-0.2, 0) is 34.0 Å². The van der Waals surface area contributed by atoms with Crippen LogP contribution in [0.3, 0.4) is 0 Å². The number of hydrogen-bond donors (Lipinski definition) is 3. The number of ether oxygens (including phenoxy) is 3. The molecule has 6 nitrogen and oxygen atoms in total. The van der Waals surface area contributed by atoms with Crippen molar-refractivity contribution in [3.05, 3.63) is 179 Å². The monoisotopic (exact) mass is 628 g/mol. The third kappa shape index (κ3) is 9.02. The standard InChI is InChI=1S/C41H44N2O4/c44-27-36(34-22-12-4-13-23-34)43-39-38(35-24-14-5-15-25-35)42-26-37(45-28-31-16-6-1-7-17-31)40(46-29-32-18-8-2-9-19-32)41(39)47-30-33-20-10-3-11-21-33/h1-25,36-44H,26-30H2/t36-,37+,38+,39+,40+,41-/m0/s1. The Morgan fingerprint density at radius 1 is 0.574 bits per heavy atom. The van der Waals surface area contributed by atoms with Crippen LogP contribution in [0.15, 0.2) is 152 Å². The van der Waals surface area contributed by atoms with Gasteiger partial charge in [-0.1, -0.05) is 152 Å². The van der Waals surface area contributed by atoms with Crippen LogP contribution < -0.4 is 10.6 Å². The van der Waals surface area contributed by atoms with Gasteiger partial charge in [-0.15, -0.1) is 0 Å². The van der Waals surface area contributed by atoms with E-state index in [1.54, 1.807) is 0 Å². The zero-order chi connectivity index (χ0) is 32.1.